The molecule has 3 aromatic carbocycles. The standard InChI is InChI=1S/C23H18Cl2FN3O3/c1-13(27-23(32)18-9-4-10-19(24)20(18)25)21(30)28-16-7-2-5-14(11-16)22(31)29-17-8-3-6-15(26)12-17/h2-13H,1H3,(H,27,32)(H,28,30)(H,29,31). The number of amides is 3. The van der Waals surface area contributed by atoms with Crippen LogP contribution in [-0.2, 0) is 4.79 Å². The van der Waals surface area contributed by atoms with Crippen molar-refractivity contribution in [2.45, 2.75) is 13.0 Å². The molecule has 3 rings (SSSR count). The minimum atomic E-state index is -0.901. The van der Waals surface area contributed by atoms with Crippen LogP contribution in [0.3, 0.4) is 0 Å². The summed E-state index contributed by atoms with van der Waals surface area (Å²) in [5.74, 6) is -2.00. The van der Waals surface area contributed by atoms with Gasteiger partial charge in [0.25, 0.3) is 11.8 Å². The zero-order chi connectivity index (χ0) is 23.3. The maximum atomic E-state index is 13.3. The third kappa shape index (κ3) is 5.84. The van der Waals surface area contributed by atoms with Gasteiger partial charge in [0.05, 0.1) is 15.6 Å². The Morgan fingerprint density at radius 2 is 1.50 bits per heavy atom. The molecule has 0 aliphatic carbocycles. The predicted molar refractivity (Wildman–Crippen MR) is 123 cm³/mol. The molecule has 0 aliphatic heterocycles. The highest BCUT2D eigenvalue weighted by atomic mass is 35.5. The van der Waals surface area contributed by atoms with Crippen molar-refractivity contribution in [3.63, 3.8) is 0 Å². The average Bonchev–Trinajstić information content (AvgIpc) is 2.75. The molecular formula is C23H18Cl2FN3O3. The van der Waals surface area contributed by atoms with Crippen LogP contribution in [0.5, 0.6) is 0 Å². The van der Waals surface area contributed by atoms with Crippen molar-refractivity contribution in [3.8, 4) is 0 Å². The molecule has 0 heterocycles. The Labute approximate surface area is 193 Å². The molecule has 0 saturated heterocycles. The second-order valence-corrected chi connectivity index (χ2v) is 7.62. The largest absolute Gasteiger partial charge is 0.340 e. The molecule has 0 bridgehead atoms. The number of carbonyl (C=O) groups is 3. The molecule has 0 saturated carbocycles. The fourth-order valence-electron chi connectivity index (χ4n) is 2.78. The van der Waals surface area contributed by atoms with Gasteiger partial charge >= 0.3 is 0 Å². The van der Waals surface area contributed by atoms with E-state index in [1.807, 2.05) is 0 Å². The van der Waals surface area contributed by atoms with Crippen LogP contribution in [0.25, 0.3) is 0 Å². The Morgan fingerprint density at radius 1 is 0.844 bits per heavy atom. The van der Waals surface area contributed by atoms with Crippen molar-refractivity contribution in [3.05, 3.63) is 93.7 Å². The van der Waals surface area contributed by atoms with E-state index in [-0.39, 0.29) is 21.2 Å². The number of carbonyl (C=O) groups excluding carboxylic acids is 3. The van der Waals surface area contributed by atoms with Gasteiger partial charge in [-0.1, -0.05) is 41.4 Å². The van der Waals surface area contributed by atoms with E-state index in [9.17, 15) is 18.8 Å². The second kappa shape index (κ2) is 10.3. The van der Waals surface area contributed by atoms with E-state index in [2.05, 4.69) is 16.0 Å². The van der Waals surface area contributed by atoms with Crippen LogP contribution < -0.4 is 16.0 Å². The van der Waals surface area contributed by atoms with Gasteiger partial charge in [0.2, 0.25) is 5.91 Å². The Bertz CT molecular complexity index is 1190. The number of nitrogens with one attached hydrogen (secondary N) is 3. The quantitative estimate of drug-likeness (QED) is 0.462. The van der Waals surface area contributed by atoms with Crippen LogP contribution in [0.2, 0.25) is 10.0 Å². The number of benzene rings is 3. The normalized spacial score (nSPS) is 11.4. The van der Waals surface area contributed by atoms with E-state index in [0.29, 0.717) is 11.4 Å². The minimum Gasteiger partial charge on any atom is -0.340 e. The molecule has 3 N–H and O–H groups in total. The van der Waals surface area contributed by atoms with E-state index in [0.717, 1.165) is 0 Å². The van der Waals surface area contributed by atoms with Gasteiger partial charge in [0.15, 0.2) is 0 Å². The summed E-state index contributed by atoms with van der Waals surface area (Å²) in [7, 11) is 0. The zero-order valence-electron chi connectivity index (χ0n) is 16.8. The highest BCUT2D eigenvalue weighted by Gasteiger charge is 2.19. The summed E-state index contributed by atoms with van der Waals surface area (Å²) in [5, 5.41) is 8.10. The van der Waals surface area contributed by atoms with Crippen LogP contribution in [0.1, 0.15) is 27.6 Å². The number of hydrogen-bond donors (Lipinski definition) is 3. The van der Waals surface area contributed by atoms with Gasteiger partial charge in [-0.25, -0.2) is 4.39 Å². The molecule has 3 aromatic rings. The first-order valence-electron chi connectivity index (χ1n) is 9.47. The SMILES string of the molecule is CC(NC(=O)c1cccc(Cl)c1Cl)C(=O)Nc1cccc(C(=O)Nc2cccc(F)c2)c1. The van der Waals surface area contributed by atoms with Gasteiger partial charge in [-0.3, -0.25) is 14.4 Å². The first kappa shape index (κ1) is 23.2. The summed E-state index contributed by atoms with van der Waals surface area (Å²) < 4.78 is 13.3. The Kier molecular flexibility index (Phi) is 7.45. The molecular weight excluding hydrogens is 456 g/mol. The van der Waals surface area contributed by atoms with Gasteiger partial charge in [0, 0.05) is 16.9 Å². The topological polar surface area (TPSA) is 87.3 Å². The molecule has 0 spiro atoms. The highest BCUT2D eigenvalue weighted by molar-refractivity contribution is 6.43. The number of anilines is 2. The minimum absolute atomic E-state index is 0.0938. The van der Waals surface area contributed by atoms with E-state index in [1.165, 1.54) is 37.3 Å². The Morgan fingerprint density at radius 3 is 2.22 bits per heavy atom. The van der Waals surface area contributed by atoms with Crippen molar-refractivity contribution in [1.29, 1.82) is 0 Å². The van der Waals surface area contributed by atoms with Crippen LogP contribution in [0.4, 0.5) is 15.8 Å². The van der Waals surface area contributed by atoms with Gasteiger partial charge in [-0.2, -0.15) is 0 Å². The number of hydrogen-bond acceptors (Lipinski definition) is 3. The molecule has 0 fully saturated rings. The molecule has 32 heavy (non-hydrogen) atoms. The van der Waals surface area contributed by atoms with Gasteiger partial charge in [-0.15, -0.1) is 0 Å². The lowest BCUT2D eigenvalue weighted by atomic mass is 10.1. The Balaban J connectivity index is 1.64. The lowest BCUT2D eigenvalue weighted by molar-refractivity contribution is -0.117. The molecule has 1 atom stereocenters. The van der Waals surface area contributed by atoms with E-state index in [1.54, 1.807) is 36.4 Å². The van der Waals surface area contributed by atoms with Crippen LogP contribution in [0.15, 0.2) is 66.7 Å². The lowest BCUT2D eigenvalue weighted by Crippen LogP contribution is -2.41. The van der Waals surface area contributed by atoms with E-state index >= 15 is 0 Å². The third-order valence-electron chi connectivity index (χ3n) is 4.41. The fourth-order valence-corrected chi connectivity index (χ4v) is 3.16. The number of halogens is 3. The number of rotatable bonds is 6. The second-order valence-electron chi connectivity index (χ2n) is 6.83. The monoisotopic (exact) mass is 473 g/mol. The summed E-state index contributed by atoms with van der Waals surface area (Å²) in [6.07, 6.45) is 0. The van der Waals surface area contributed by atoms with Crippen molar-refractivity contribution >= 4 is 52.3 Å². The fraction of sp³-hybridized carbons (Fsp3) is 0.0870. The van der Waals surface area contributed by atoms with E-state index in [4.69, 9.17) is 23.2 Å². The van der Waals surface area contributed by atoms with Crippen LogP contribution in [0, 0.1) is 5.82 Å². The van der Waals surface area contributed by atoms with Gasteiger partial charge in [0.1, 0.15) is 11.9 Å². The first-order valence-corrected chi connectivity index (χ1v) is 10.2. The van der Waals surface area contributed by atoms with E-state index < -0.39 is 29.6 Å². The summed E-state index contributed by atoms with van der Waals surface area (Å²) in [5.41, 5.74) is 1.06. The molecule has 6 nitrogen and oxygen atoms in total. The molecule has 9 heteroatoms. The van der Waals surface area contributed by atoms with Gasteiger partial charge < -0.3 is 16.0 Å². The van der Waals surface area contributed by atoms with Crippen LogP contribution >= 0.6 is 23.2 Å². The molecule has 0 aliphatic rings. The summed E-state index contributed by atoms with van der Waals surface area (Å²) in [6.45, 7) is 1.51. The summed E-state index contributed by atoms with van der Waals surface area (Å²) in [4.78, 5) is 37.4. The van der Waals surface area contributed by atoms with Crippen molar-refractivity contribution in [2.75, 3.05) is 10.6 Å². The molecule has 1 unspecified atom stereocenters. The predicted octanol–water partition coefficient (Wildman–Crippen LogP) is 5.14. The summed E-state index contributed by atoms with van der Waals surface area (Å²) in [6, 6.07) is 15.4. The first-order chi connectivity index (χ1) is 15.2. The third-order valence-corrected chi connectivity index (χ3v) is 5.23. The van der Waals surface area contributed by atoms with Gasteiger partial charge in [-0.05, 0) is 55.5 Å². The average molecular weight is 474 g/mol. The Hall–Kier alpha value is -3.42. The maximum Gasteiger partial charge on any atom is 0.255 e. The summed E-state index contributed by atoms with van der Waals surface area (Å²) >= 11 is 12.0. The van der Waals surface area contributed by atoms with Crippen molar-refractivity contribution in [1.82, 2.24) is 5.32 Å². The lowest BCUT2D eigenvalue weighted by Gasteiger charge is -2.15. The molecule has 164 valence electrons. The maximum absolute atomic E-state index is 13.3. The molecule has 0 radical (unpaired) electrons. The highest BCUT2D eigenvalue weighted by Crippen LogP contribution is 2.25. The smallest absolute Gasteiger partial charge is 0.255 e. The van der Waals surface area contributed by atoms with Crippen LogP contribution in [-0.4, -0.2) is 23.8 Å². The van der Waals surface area contributed by atoms with Crippen molar-refractivity contribution < 1.29 is 18.8 Å². The zero-order valence-corrected chi connectivity index (χ0v) is 18.3. The molecule has 0 aromatic heterocycles. The molecule has 3 amide bonds. The van der Waals surface area contributed by atoms with Crippen molar-refractivity contribution in [2.24, 2.45) is 0 Å².